The molecule has 2 aliphatic rings. The molecule has 0 spiro atoms. The number of amides is 5. The van der Waals surface area contributed by atoms with Crippen molar-refractivity contribution >= 4 is 64.5 Å². The van der Waals surface area contributed by atoms with Crippen molar-refractivity contribution in [1.29, 1.82) is 0 Å². The zero-order valence-corrected chi connectivity index (χ0v) is 40.7. The molecule has 386 valence electrons. The second-order valence-electron chi connectivity index (χ2n) is 17.4. The minimum absolute atomic E-state index is 0.0147. The van der Waals surface area contributed by atoms with Crippen molar-refractivity contribution in [2.75, 3.05) is 80.1 Å². The maximum Gasteiger partial charge on any atom is 0.335 e. The molecule has 0 saturated carbocycles. The summed E-state index contributed by atoms with van der Waals surface area (Å²) >= 11 is 0. The van der Waals surface area contributed by atoms with Crippen molar-refractivity contribution in [2.24, 2.45) is 0 Å². The molecule has 4 heterocycles. The van der Waals surface area contributed by atoms with Crippen molar-refractivity contribution in [3.8, 4) is 22.5 Å². The van der Waals surface area contributed by atoms with Gasteiger partial charge in [-0.1, -0.05) is 36.4 Å². The lowest BCUT2D eigenvalue weighted by molar-refractivity contribution is 0.0696. The van der Waals surface area contributed by atoms with Gasteiger partial charge >= 0.3 is 18.0 Å². The molecule has 7 aromatic rings. The van der Waals surface area contributed by atoms with Crippen LogP contribution in [-0.4, -0.2) is 113 Å². The van der Waals surface area contributed by atoms with Gasteiger partial charge < -0.3 is 41.5 Å². The zero-order chi connectivity index (χ0) is 53.5. The molecule has 2 aromatic heterocycles. The van der Waals surface area contributed by atoms with E-state index in [0.29, 0.717) is 71.1 Å². The summed E-state index contributed by atoms with van der Waals surface area (Å²) < 4.78 is 72.2. The summed E-state index contributed by atoms with van der Waals surface area (Å²) in [6.07, 6.45) is 0. The van der Waals surface area contributed by atoms with Crippen LogP contribution < -0.4 is 36.4 Å². The summed E-state index contributed by atoms with van der Waals surface area (Å²) in [6, 6.07) is 23.2. The van der Waals surface area contributed by atoms with E-state index in [2.05, 4.69) is 46.5 Å². The number of nitrogens with zero attached hydrogens (tertiary/aromatic N) is 8. The number of benzene rings is 5. The number of para-hydroxylation sites is 2. The van der Waals surface area contributed by atoms with Crippen LogP contribution in [0.2, 0.25) is 0 Å². The quantitative estimate of drug-likeness (QED) is 0.0532. The fraction of sp³-hybridized carbons (Fsp3) is 0.192. The van der Waals surface area contributed by atoms with Crippen LogP contribution in [0.4, 0.5) is 72.1 Å². The predicted molar refractivity (Wildman–Crippen MR) is 272 cm³/mol. The van der Waals surface area contributed by atoms with Crippen LogP contribution in [0.5, 0.6) is 0 Å². The molecular weight excluding hydrogens is 982 g/mol. The Kier molecular flexibility index (Phi) is 15.9. The number of carboxylic acids is 1. The zero-order valence-electron chi connectivity index (χ0n) is 40.7. The number of carbonyl (C=O) groups excluding carboxylic acids is 3. The number of hydrogen-bond donors (Lipinski definition) is 6. The van der Waals surface area contributed by atoms with Gasteiger partial charge in [0.15, 0.2) is 11.6 Å². The van der Waals surface area contributed by atoms with E-state index in [4.69, 9.17) is 0 Å². The van der Waals surface area contributed by atoms with Gasteiger partial charge in [-0.2, -0.15) is 9.97 Å². The number of aromatic nitrogens is 4. The van der Waals surface area contributed by atoms with E-state index in [1.54, 1.807) is 36.4 Å². The number of halogens is 5. The number of urea groups is 2. The Hall–Kier alpha value is -9.09. The number of fused-ring (bicyclic) bond motifs is 2. The first-order chi connectivity index (χ1) is 36.0. The molecule has 0 fully saturated rings. The first-order valence-corrected chi connectivity index (χ1v) is 23.1. The van der Waals surface area contributed by atoms with E-state index in [0.717, 1.165) is 34.1 Å². The highest BCUT2D eigenvalue weighted by atomic mass is 19.1. The van der Waals surface area contributed by atoms with Crippen LogP contribution in [0.15, 0.2) is 109 Å². The molecule has 0 radical (unpaired) electrons. The smallest absolute Gasteiger partial charge is 0.335 e. The van der Waals surface area contributed by atoms with Gasteiger partial charge in [0.1, 0.15) is 40.5 Å². The van der Waals surface area contributed by atoms with Crippen LogP contribution in [0.25, 0.3) is 22.5 Å². The monoisotopic (exact) mass is 1030 g/mol. The molecule has 0 saturated heterocycles. The van der Waals surface area contributed by atoms with Crippen LogP contribution in [0, 0.1) is 29.1 Å². The molecule has 2 aliphatic heterocycles. The summed E-state index contributed by atoms with van der Waals surface area (Å²) in [5, 5.41) is 23.4. The Balaban J connectivity index is 0.000000203. The molecule has 75 heavy (non-hydrogen) atoms. The van der Waals surface area contributed by atoms with Crippen LogP contribution in [0.3, 0.4) is 0 Å². The molecule has 0 unspecified atom stereocenters. The third-order valence-electron chi connectivity index (χ3n) is 11.6. The third-order valence-corrected chi connectivity index (χ3v) is 11.6. The highest BCUT2D eigenvalue weighted by molar-refractivity contribution is 6.05. The SMILES string of the molecule is CN(C)CCNc1nc(-c2ccc(C(=O)Nc3ccc(F)cc3)cc2)c2c(n1)N(c1c(F)cccc1F)C(=O)NC2.CN(C)CCNc1nc(-c2ccc(C(=O)O)cc2)c2c(n1)N(c1c(F)cccc1F)C(=O)NC2. The average Bonchev–Trinajstić information content (AvgIpc) is 3.38. The van der Waals surface area contributed by atoms with Gasteiger partial charge in [-0.3, -0.25) is 4.79 Å². The predicted octanol–water partition coefficient (Wildman–Crippen LogP) is 8.60. The number of rotatable bonds is 15. The van der Waals surface area contributed by atoms with Crippen molar-refractivity contribution < 1.29 is 46.2 Å². The molecule has 9 rings (SSSR count). The lowest BCUT2D eigenvalue weighted by atomic mass is 10.0. The highest BCUT2D eigenvalue weighted by Gasteiger charge is 2.36. The Labute approximate surface area is 426 Å². The first kappa shape index (κ1) is 52.2. The Bertz CT molecular complexity index is 3240. The Morgan fingerprint density at radius 2 is 0.973 bits per heavy atom. The molecular formula is C52H48F5N13O5. The van der Waals surface area contributed by atoms with Crippen molar-refractivity contribution in [1.82, 2.24) is 40.4 Å². The number of carboxylic acid groups (broad SMARTS) is 1. The molecule has 6 N–H and O–H groups in total. The maximum absolute atomic E-state index is 14.8. The number of aromatic carboxylic acids is 1. The van der Waals surface area contributed by atoms with Crippen LogP contribution in [0.1, 0.15) is 31.8 Å². The lowest BCUT2D eigenvalue weighted by Gasteiger charge is -2.30. The fourth-order valence-corrected chi connectivity index (χ4v) is 7.84. The molecule has 5 amide bonds. The minimum atomic E-state index is -1.07. The molecule has 0 bridgehead atoms. The van der Waals surface area contributed by atoms with Gasteiger partial charge in [-0.25, -0.2) is 56.1 Å². The van der Waals surface area contributed by atoms with Gasteiger partial charge in [-0.15, -0.1) is 0 Å². The summed E-state index contributed by atoms with van der Waals surface area (Å²) in [5.74, 6) is -5.18. The summed E-state index contributed by atoms with van der Waals surface area (Å²) in [7, 11) is 7.61. The van der Waals surface area contributed by atoms with E-state index >= 15 is 0 Å². The summed E-state index contributed by atoms with van der Waals surface area (Å²) in [5.41, 5.74) is 2.60. The van der Waals surface area contributed by atoms with Gasteiger partial charge in [0.2, 0.25) is 11.9 Å². The molecule has 5 aromatic carbocycles. The number of likely N-dealkylation sites (N-methyl/N-ethyl adjacent to an activating group) is 2. The molecule has 0 aliphatic carbocycles. The summed E-state index contributed by atoms with van der Waals surface area (Å²) in [6.45, 7) is 2.29. The number of hydrogen-bond acceptors (Lipinski definition) is 12. The third kappa shape index (κ3) is 11.9. The van der Waals surface area contributed by atoms with Gasteiger partial charge in [-0.05, 0) is 101 Å². The number of anilines is 7. The molecule has 18 nitrogen and oxygen atoms in total. The average molecular weight is 1030 g/mol. The summed E-state index contributed by atoms with van der Waals surface area (Å²) in [4.78, 5) is 73.5. The van der Waals surface area contributed by atoms with E-state index in [1.165, 1.54) is 48.5 Å². The minimum Gasteiger partial charge on any atom is -0.478 e. The van der Waals surface area contributed by atoms with E-state index in [-0.39, 0.29) is 42.2 Å². The van der Waals surface area contributed by atoms with Crippen LogP contribution in [-0.2, 0) is 13.1 Å². The van der Waals surface area contributed by atoms with Gasteiger partial charge in [0.05, 0.1) is 30.0 Å². The molecule has 0 atom stereocenters. The standard InChI is InChI=1S/C29H26F3N7O2.C23H22F2N6O3/c1-38(2)15-14-33-28-36-24(17-6-8-18(9-7-17)27(40)35-20-12-10-19(30)11-13-20)21-16-34-29(41)39(26(21)37-28)25-22(31)4-3-5-23(25)32;1-30(2)11-10-26-22-28-18(13-6-8-14(9-7-13)21(32)33)15-12-27-23(34)31(20(15)29-22)19-16(24)4-3-5-17(19)25/h3-13H,14-16H2,1-2H3,(H,34,41)(H,35,40)(H,33,36,37);3-9H,10-12H2,1-2H3,(H,27,34)(H,32,33)(H,26,28,29). The van der Waals surface area contributed by atoms with E-state index < -0.39 is 64.4 Å². The first-order valence-electron chi connectivity index (χ1n) is 23.1. The van der Waals surface area contributed by atoms with Crippen molar-refractivity contribution in [3.63, 3.8) is 0 Å². The Morgan fingerprint density at radius 3 is 1.36 bits per heavy atom. The highest BCUT2D eigenvalue weighted by Crippen LogP contribution is 2.40. The molecule has 23 heteroatoms. The number of nitrogens with one attached hydrogen (secondary N) is 5. The van der Waals surface area contributed by atoms with Gasteiger partial charge in [0, 0.05) is 59.7 Å². The van der Waals surface area contributed by atoms with Crippen molar-refractivity contribution in [3.05, 3.63) is 161 Å². The maximum atomic E-state index is 14.8. The van der Waals surface area contributed by atoms with E-state index in [1.807, 2.05) is 38.0 Å². The normalized spacial score (nSPS) is 12.8. The van der Waals surface area contributed by atoms with E-state index in [9.17, 15) is 46.2 Å². The fourth-order valence-electron chi connectivity index (χ4n) is 7.84. The van der Waals surface area contributed by atoms with Gasteiger partial charge in [0.25, 0.3) is 5.91 Å². The second-order valence-corrected chi connectivity index (χ2v) is 17.4. The largest absolute Gasteiger partial charge is 0.478 e. The second kappa shape index (κ2) is 22.8. The number of carbonyl (C=O) groups is 4. The van der Waals surface area contributed by atoms with Crippen LogP contribution >= 0.6 is 0 Å². The Morgan fingerprint density at radius 1 is 0.573 bits per heavy atom. The topological polar surface area (TPSA) is 213 Å². The lowest BCUT2D eigenvalue weighted by Crippen LogP contribution is -2.43. The van der Waals surface area contributed by atoms with Crippen molar-refractivity contribution in [2.45, 2.75) is 13.1 Å².